The Morgan fingerprint density at radius 3 is 1.68 bits per heavy atom. The van der Waals surface area contributed by atoms with E-state index in [2.05, 4.69) is 24.6 Å². The summed E-state index contributed by atoms with van der Waals surface area (Å²) in [5.41, 5.74) is 0.331. The van der Waals surface area contributed by atoms with E-state index < -0.39 is 5.97 Å². The predicted molar refractivity (Wildman–Crippen MR) is 95.8 cm³/mol. The molecule has 2 nitrogen and oxygen atoms in total. The molecule has 1 aromatic rings. The number of carboxylic acid groups (broad SMARTS) is 1. The van der Waals surface area contributed by atoms with Gasteiger partial charge in [0.05, 0.1) is 5.56 Å². The van der Waals surface area contributed by atoms with Crippen LogP contribution in [0.15, 0.2) is 30.3 Å². The van der Waals surface area contributed by atoms with Crippen molar-refractivity contribution in [3.8, 4) is 0 Å². The third-order valence-corrected chi connectivity index (χ3v) is 3.73. The van der Waals surface area contributed by atoms with Gasteiger partial charge in [0.1, 0.15) is 0 Å². The number of hydrogen-bond acceptors (Lipinski definition) is 1. The second kappa shape index (κ2) is 16.7. The van der Waals surface area contributed by atoms with E-state index in [1.165, 1.54) is 69.3 Å². The van der Waals surface area contributed by atoms with Gasteiger partial charge < -0.3 is 5.11 Å². The Morgan fingerprint density at radius 1 is 0.864 bits per heavy atom. The molecule has 1 rings (SSSR count). The van der Waals surface area contributed by atoms with E-state index in [0.717, 1.165) is 0 Å². The van der Waals surface area contributed by atoms with Crippen LogP contribution in [-0.2, 0) is 0 Å². The fourth-order valence-electron chi connectivity index (χ4n) is 2.32. The molecule has 0 unspecified atom stereocenters. The zero-order chi connectivity index (χ0) is 16.5. The summed E-state index contributed by atoms with van der Waals surface area (Å²) in [7, 11) is 0. The predicted octanol–water partition coefficient (Wildman–Crippen LogP) is 5.88. The first-order valence-electron chi connectivity index (χ1n) is 9.00. The van der Waals surface area contributed by atoms with Crippen LogP contribution in [-0.4, -0.2) is 28.8 Å². The van der Waals surface area contributed by atoms with Crippen molar-refractivity contribution >= 4 is 23.7 Å². The number of carbonyl (C=O) groups is 1. The molecule has 0 aliphatic heterocycles. The van der Waals surface area contributed by atoms with E-state index >= 15 is 0 Å². The van der Waals surface area contributed by atoms with Crippen LogP contribution in [0.2, 0.25) is 5.09 Å². The first kappa shape index (κ1) is 21.3. The zero-order valence-electron chi connectivity index (χ0n) is 14.5. The van der Waals surface area contributed by atoms with Crippen molar-refractivity contribution in [1.29, 1.82) is 0 Å². The SMILES string of the molecule is O=C(O)c1ccccc1.[Li][CH2]CCCCCCCCCCC. The van der Waals surface area contributed by atoms with Crippen LogP contribution < -0.4 is 0 Å². The molecule has 0 bridgehead atoms. The maximum atomic E-state index is 10.2. The number of hydrogen-bond donors (Lipinski definition) is 1. The van der Waals surface area contributed by atoms with Gasteiger partial charge in [-0.3, -0.25) is 0 Å². The first-order valence-corrected chi connectivity index (χ1v) is 9.00. The van der Waals surface area contributed by atoms with E-state index in [9.17, 15) is 4.79 Å². The molecule has 0 heterocycles. The Morgan fingerprint density at radius 2 is 1.32 bits per heavy atom. The Kier molecular flexibility index (Phi) is 16.1. The van der Waals surface area contributed by atoms with Gasteiger partial charge in [-0.25, -0.2) is 4.79 Å². The van der Waals surface area contributed by atoms with Gasteiger partial charge in [-0.2, -0.15) is 0 Å². The summed E-state index contributed by atoms with van der Waals surface area (Å²) in [6, 6.07) is 8.30. The van der Waals surface area contributed by atoms with Crippen LogP contribution in [0.3, 0.4) is 0 Å². The minimum absolute atomic E-state index is 0.331. The zero-order valence-corrected chi connectivity index (χ0v) is 14.5. The molecule has 0 atom stereocenters. The summed E-state index contributed by atoms with van der Waals surface area (Å²) >= 11 is 2.28. The molecule has 3 heteroatoms. The molecule has 22 heavy (non-hydrogen) atoms. The van der Waals surface area contributed by atoms with Gasteiger partial charge in [-0.1, -0.05) is 18.2 Å². The molecule has 0 fully saturated rings. The summed E-state index contributed by atoms with van der Waals surface area (Å²) in [4.78, 5) is 10.2. The fraction of sp³-hybridized carbons (Fsp3) is 0.632. The topological polar surface area (TPSA) is 37.3 Å². The van der Waals surface area contributed by atoms with Crippen LogP contribution >= 0.6 is 0 Å². The van der Waals surface area contributed by atoms with E-state index in [1.807, 2.05) is 0 Å². The van der Waals surface area contributed by atoms with Gasteiger partial charge >= 0.3 is 99.9 Å². The summed E-state index contributed by atoms with van der Waals surface area (Å²) < 4.78 is 0. The molecule has 0 saturated heterocycles. The number of carboxylic acids is 1. The first-order chi connectivity index (χ1) is 10.7. The minimum atomic E-state index is -0.879. The second-order valence-electron chi connectivity index (χ2n) is 5.85. The normalized spacial score (nSPS) is 9.95. The Bertz CT molecular complexity index is 342. The second-order valence-corrected chi connectivity index (χ2v) is 5.85. The average molecular weight is 298 g/mol. The van der Waals surface area contributed by atoms with Gasteiger partial charge in [-0.05, 0) is 12.1 Å². The summed E-state index contributed by atoms with van der Waals surface area (Å²) in [5, 5.41) is 9.76. The molecule has 1 aromatic carbocycles. The van der Waals surface area contributed by atoms with Crippen LogP contribution in [0.4, 0.5) is 0 Å². The number of aromatic carboxylic acids is 1. The molecule has 0 spiro atoms. The number of rotatable bonds is 11. The molecule has 1 N–H and O–H groups in total. The van der Waals surface area contributed by atoms with Gasteiger partial charge in [0, 0.05) is 0 Å². The molecule has 0 aromatic heterocycles. The van der Waals surface area contributed by atoms with Crippen molar-refractivity contribution in [1.82, 2.24) is 0 Å². The van der Waals surface area contributed by atoms with Gasteiger partial charge in [-0.15, -0.1) is 0 Å². The third-order valence-electron chi connectivity index (χ3n) is 3.73. The summed E-state index contributed by atoms with van der Waals surface area (Å²) in [6.45, 7) is 2.28. The molecule has 0 amide bonds. The maximum absolute atomic E-state index is 10.2. The summed E-state index contributed by atoms with van der Waals surface area (Å²) in [6.07, 6.45) is 14.6. The van der Waals surface area contributed by atoms with Crippen LogP contribution in [0.5, 0.6) is 0 Å². The average Bonchev–Trinajstić information content (AvgIpc) is 2.55. The van der Waals surface area contributed by atoms with Crippen molar-refractivity contribution in [2.75, 3.05) is 0 Å². The molecule has 0 saturated carbocycles. The quantitative estimate of drug-likeness (QED) is 0.409. The van der Waals surface area contributed by atoms with Crippen LogP contribution in [0.1, 0.15) is 81.5 Å². The van der Waals surface area contributed by atoms with Crippen molar-refractivity contribution in [3.05, 3.63) is 35.9 Å². The summed E-state index contributed by atoms with van der Waals surface area (Å²) in [5.74, 6) is -0.879. The molecule has 0 aliphatic carbocycles. The fourth-order valence-corrected chi connectivity index (χ4v) is 2.32. The molecular formula is C19H31LiO2. The Balaban J connectivity index is 0.000000425. The standard InChI is InChI=1S/C12H25.C7H6O2.Li/c1-3-5-7-9-11-12-10-8-6-4-2;8-7(9)6-4-2-1-3-5-6;/h1,3-12H2,2H3;1-5H,(H,8,9);. The van der Waals surface area contributed by atoms with Crippen molar-refractivity contribution in [3.63, 3.8) is 0 Å². The van der Waals surface area contributed by atoms with E-state index in [1.54, 1.807) is 30.3 Å². The molecule has 0 aliphatic rings. The molecule has 120 valence electrons. The van der Waals surface area contributed by atoms with Crippen molar-refractivity contribution in [2.45, 2.75) is 76.2 Å². The van der Waals surface area contributed by atoms with Gasteiger partial charge in [0.2, 0.25) is 0 Å². The van der Waals surface area contributed by atoms with Crippen molar-refractivity contribution < 1.29 is 9.90 Å². The Labute approximate surface area is 145 Å². The number of benzene rings is 1. The number of unbranched alkanes of at least 4 members (excludes halogenated alkanes) is 9. The Hall–Kier alpha value is -0.713. The molecule has 0 radical (unpaired) electrons. The monoisotopic (exact) mass is 298 g/mol. The molecular weight excluding hydrogens is 267 g/mol. The van der Waals surface area contributed by atoms with Crippen LogP contribution in [0.25, 0.3) is 0 Å². The van der Waals surface area contributed by atoms with Gasteiger partial charge in [0.15, 0.2) is 0 Å². The van der Waals surface area contributed by atoms with Gasteiger partial charge in [0.25, 0.3) is 0 Å². The van der Waals surface area contributed by atoms with E-state index in [4.69, 9.17) is 5.11 Å². The van der Waals surface area contributed by atoms with Crippen LogP contribution in [0, 0.1) is 0 Å². The van der Waals surface area contributed by atoms with E-state index in [0.29, 0.717) is 5.56 Å². The van der Waals surface area contributed by atoms with E-state index in [-0.39, 0.29) is 0 Å². The third kappa shape index (κ3) is 14.2. The van der Waals surface area contributed by atoms with Crippen molar-refractivity contribution in [2.24, 2.45) is 0 Å².